The molecule has 1 aromatic rings. The van der Waals surface area contributed by atoms with Crippen LogP contribution in [-0.4, -0.2) is 44.1 Å². The minimum absolute atomic E-state index is 0.0839. The van der Waals surface area contributed by atoms with Crippen molar-refractivity contribution in [1.29, 1.82) is 0 Å². The molecule has 114 valence electrons. The Morgan fingerprint density at radius 1 is 1.20 bits per heavy atom. The van der Waals surface area contributed by atoms with Gasteiger partial charge < -0.3 is 4.74 Å². The van der Waals surface area contributed by atoms with Crippen molar-refractivity contribution in [3.05, 3.63) is 24.3 Å². The van der Waals surface area contributed by atoms with Crippen molar-refractivity contribution in [3.63, 3.8) is 0 Å². The van der Waals surface area contributed by atoms with E-state index in [4.69, 9.17) is 9.88 Å². The molecule has 8 nitrogen and oxygen atoms in total. The van der Waals surface area contributed by atoms with Gasteiger partial charge in [0.05, 0.1) is 17.2 Å². The average Bonchev–Trinajstić information content (AvgIpc) is 2.37. The summed E-state index contributed by atoms with van der Waals surface area (Å²) in [4.78, 5) is -0.0839. The molecule has 0 aliphatic heterocycles. The number of benzene rings is 1. The van der Waals surface area contributed by atoms with Crippen molar-refractivity contribution >= 4 is 25.9 Å². The van der Waals surface area contributed by atoms with Gasteiger partial charge in [-0.05, 0) is 24.3 Å². The highest BCUT2D eigenvalue weighted by Crippen LogP contribution is 2.17. The largest absolute Gasteiger partial charge is 0.383 e. The number of nitrogens with one attached hydrogen (secondary N) is 1. The van der Waals surface area contributed by atoms with Crippen LogP contribution in [0.4, 0.5) is 5.69 Å². The summed E-state index contributed by atoms with van der Waals surface area (Å²) in [6.45, 7) is 0.385. The topological polar surface area (TPSA) is 119 Å². The number of sulfonamides is 1. The Balaban J connectivity index is 2.89. The fourth-order valence-electron chi connectivity index (χ4n) is 1.35. The molecule has 0 saturated heterocycles. The predicted molar refractivity (Wildman–Crippen MR) is 75.0 cm³/mol. The van der Waals surface area contributed by atoms with Gasteiger partial charge in [0, 0.05) is 20.7 Å². The third-order valence-electron chi connectivity index (χ3n) is 2.48. The molecule has 10 heteroatoms. The molecule has 0 heterocycles. The molecule has 0 radical (unpaired) electrons. The van der Waals surface area contributed by atoms with E-state index >= 15 is 0 Å². The molecule has 0 aliphatic rings. The molecule has 0 amide bonds. The van der Waals surface area contributed by atoms with Crippen molar-refractivity contribution in [2.75, 3.05) is 31.6 Å². The molecule has 0 bridgehead atoms. The normalized spacial score (nSPS) is 12.3. The first-order valence-corrected chi connectivity index (χ1v) is 8.52. The summed E-state index contributed by atoms with van der Waals surface area (Å²) in [6.07, 6.45) is 0. The van der Waals surface area contributed by atoms with E-state index in [0.717, 1.165) is 4.31 Å². The van der Waals surface area contributed by atoms with Gasteiger partial charge in [-0.3, -0.25) is 4.31 Å². The summed E-state index contributed by atoms with van der Waals surface area (Å²) < 4.78 is 54.1. The molecule has 1 rings (SSSR count). The molecule has 0 unspecified atom stereocenters. The van der Waals surface area contributed by atoms with Crippen LogP contribution in [-0.2, 0) is 25.0 Å². The van der Waals surface area contributed by atoms with Gasteiger partial charge in [0.25, 0.3) is 0 Å². The molecule has 0 atom stereocenters. The van der Waals surface area contributed by atoms with E-state index in [1.54, 1.807) is 0 Å². The number of hydrogen-bond acceptors (Lipinski definition) is 5. The van der Waals surface area contributed by atoms with Crippen molar-refractivity contribution < 1.29 is 21.6 Å². The second kappa shape index (κ2) is 6.50. The maximum Gasteiger partial charge on any atom is 0.301 e. The highest BCUT2D eigenvalue weighted by Gasteiger charge is 2.18. The molecule has 0 saturated carbocycles. The molecule has 0 spiro atoms. The summed E-state index contributed by atoms with van der Waals surface area (Å²) in [5, 5.41) is 4.96. The Kier molecular flexibility index (Phi) is 5.48. The molecule has 3 N–H and O–H groups in total. The van der Waals surface area contributed by atoms with Gasteiger partial charge in [-0.1, -0.05) is 0 Å². The molecule has 0 fully saturated rings. The Hall–Kier alpha value is -1.20. The zero-order chi connectivity index (χ0) is 15.4. The monoisotopic (exact) mass is 323 g/mol. The lowest BCUT2D eigenvalue weighted by Gasteiger charge is -2.19. The number of hydrogen-bond donors (Lipinski definition) is 2. The second-order valence-corrected chi connectivity index (χ2v) is 7.25. The minimum Gasteiger partial charge on any atom is -0.383 e. The van der Waals surface area contributed by atoms with Gasteiger partial charge in [0.2, 0.25) is 10.0 Å². The zero-order valence-corrected chi connectivity index (χ0v) is 12.7. The number of nitrogens with zero attached hydrogens (tertiary/aromatic N) is 1. The second-order valence-electron chi connectivity index (χ2n) is 3.90. The van der Waals surface area contributed by atoms with E-state index in [2.05, 4.69) is 4.72 Å². The SMILES string of the molecule is COCCNS(=O)(=O)N(C)c1ccc(S(N)(=O)=O)cc1. The van der Waals surface area contributed by atoms with Crippen LogP contribution in [0.15, 0.2) is 29.2 Å². The first-order chi connectivity index (χ1) is 9.18. The third kappa shape index (κ3) is 4.42. The summed E-state index contributed by atoms with van der Waals surface area (Å²) in [5.41, 5.74) is 0.308. The zero-order valence-electron chi connectivity index (χ0n) is 11.1. The van der Waals surface area contributed by atoms with Crippen molar-refractivity contribution in [2.24, 2.45) is 5.14 Å². The maximum atomic E-state index is 11.9. The fourth-order valence-corrected chi connectivity index (χ4v) is 2.80. The van der Waals surface area contributed by atoms with Crippen LogP contribution in [0.25, 0.3) is 0 Å². The van der Waals surface area contributed by atoms with Crippen molar-refractivity contribution in [3.8, 4) is 0 Å². The van der Waals surface area contributed by atoms with E-state index in [1.807, 2.05) is 0 Å². The van der Waals surface area contributed by atoms with Crippen LogP contribution >= 0.6 is 0 Å². The Morgan fingerprint density at radius 3 is 2.20 bits per heavy atom. The standard InChI is InChI=1S/C10H17N3O5S2/c1-13(20(16,17)12-7-8-18-2)9-3-5-10(6-4-9)19(11,14)15/h3-6,12H,7-8H2,1-2H3,(H2,11,14,15). The number of methoxy groups -OCH3 is 1. The quantitative estimate of drug-likeness (QED) is 0.640. The first-order valence-electron chi connectivity index (χ1n) is 5.54. The first kappa shape index (κ1) is 16.9. The van der Waals surface area contributed by atoms with Crippen LogP contribution in [0.2, 0.25) is 0 Å². The van der Waals surface area contributed by atoms with Gasteiger partial charge in [0.15, 0.2) is 0 Å². The molecule has 20 heavy (non-hydrogen) atoms. The van der Waals surface area contributed by atoms with Crippen molar-refractivity contribution in [2.45, 2.75) is 4.90 Å². The molecule has 0 aliphatic carbocycles. The smallest absolute Gasteiger partial charge is 0.301 e. The lowest BCUT2D eigenvalue weighted by molar-refractivity contribution is 0.204. The molecule has 0 aromatic heterocycles. The molecule has 1 aromatic carbocycles. The molecular weight excluding hydrogens is 306 g/mol. The maximum absolute atomic E-state index is 11.9. The number of anilines is 1. The van der Waals surface area contributed by atoms with E-state index < -0.39 is 20.2 Å². The van der Waals surface area contributed by atoms with Gasteiger partial charge in [-0.2, -0.15) is 13.1 Å². The van der Waals surface area contributed by atoms with Crippen LogP contribution in [0.5, 0.6) is 0 Å². The van der Waals surface area contributed by atoms with E-state index in [1.165, 1.54) is 38.4 Å². The van der Waals surface area contributed by atoms with Gasteiger partial charge >= 0.3 is 10.2 Å². The van der Waals surface area contributed by atoms with E-state index in [9.17, 15) is 16.8 Å². The Morgan fingerprint density at radius 2 is 1.75 bits per heavy atom. The number of ether oxygens (including phenoxy) is 1. The average molecular weight is 323 g/mol. The highest BCUT2D eigenvalue weighted by atomic mass is 32.2. The van der Waals surface area contributed by atoms with Crippen LogP contribution in [0.3, 0.4) is 0 Å². The van der Waals surface area contributed by atoms with Crippen molar-refractivity contribution in [1.82, 2.24) is 4.72 Å². The lowest BCUT2D eigenvalue weighted by Crippen LogP contribution is -2.39. The fraction of sp³-hybridized carbons (Fsp3) is 0.400. The summed E-state index contributed by atoms with van der Waals surface area (Å²) >= 11 is 0. The Labute approximate surface area is 118 Å². The predicted octanol–water partition coefficient (Wildman–Crippen LogP) is -0.749. The van der Waals surface area contributed by atoms with Gasteiger partial charge in [-0.25, -0.2) is 13.6 Å². The third-order valence-corrected chi connectivity index (χ3v) is 4.91. The van der Waals surface area contributed by atoms with Gasteiger partial charge in [-0.15, -0.1) is 0 Å². The van der Waals surface area contributed by atoms with Crippen LogP contribution in [0.1, 0.15) is 0 Å². The number of nitrogens with two attached hydrogens (primary N) is 1. The van der Waals surface area contributed by atoms with E-state index in [-0.39, 0.29) is 18.0 Å². The minimum atomic E-state index is -3.80. The van der Waals surface area contributed by atoms with Crippen LogP contribution < -0.4 is 14.2 Å². The Bertz CT molecular complexity index is 640. The summed E-state index contributed by atoms with van der Waals surface area (Å²) in [5.74, 6) is 0. The number of rotatable bonds is 7. The van der Waals surface area contributed by atoms with E-state index in [0.29, 0.717) is 5.69 Å². The molecular formula is C10H17N3O5S2. The highest BCUT2D eigenvalue weighted by molar-refractivity contribution is 7.90. The lowest BCUT2D eigenvalue weighted by atomic mass is 10.3. The summed E-state index contributed by atoms with van der Waals surface area (Å²) in [7, 11) is -4.70. The summed E-state index contributed by atoms with van der Waals surface area (Å²) in [6, 6.07) is 5.20. The van der Waals surface area contributed by atoms with Crippen LogP contribution in [0, 0.1) is 0 Å². The van der Waals surface area contributed by atoms with Gasteiger partial charge in [0.1, 0.15) is 0 Å². The number of primary sulfonamides is 1.